The largest absolute Gasteiger partial charge is 0.273 e. The summed E-state index contributed by atoms with van der Waals surface area (Å²) in [5, 5.41) is 2.26. The van der Waals surface area contributed by atoms with E-state index in [2.05, 4.69) is 31.9 Å². The molecule has 0 radical (unpaired) electrons. The summed E-state index contributed by atoms with van der Waals surface area (Å²) >= 11 is 13.0. The van der Waals surface area contributed by atoms with Gasteiger partial charge in [0.2, 0.25) is 5.91 Å². The van der Waals surface area contributed by atoms with Crippen molar-refractivity contribution in [3.8, 4) is 0 Å². The molecule has 156 valence electrons. The Morgan fingerprint density at radius 1 is 0.806 bits per heavy atom. The zero-order valence-corrected chi connectivity index (χ0v) is 19.8. The van der Waals surface area contributed by atoms with Gasteiger partial charge in [-0.3, -0.25) is 14.4 Å². The molecular weight excluding hydrogens is 548 g/mol. The van der Waals surface area contributed by atoms with Gasteiger partial charge in [-0.1, -0.05) is 67.7 Å². The number of nitrogens with zero attached hydrogens (tertiary/aromatic N) is 2. The number of fused-ring (bicyclic) bond motifs is 1. The molecule has 0 saturated carbocycles. The number of rotatable bonds is 3. The van der Waals surface area contributed by atoms with Crippen LogP contribution in [0.4, 0.5) is 11.4 Å². The standard InChI is InChI=1S/C23H15Br2ClN2O3/c24-14-3-1-5-17(11-14)27-22(29)19-20(13-7-9-16(26)10-8-13)28(31-21(19)23(27)30)18-6-2-4-15(25)12-18/h1-12,19-21H/t19-,20+,21+/m0/s1. The minimum absolute atomic E-state index is 0.287. The molecule has 2 amide bonds. The second-order valence-corrected chi connectivity index (χ2v) is 9.61. The van der Waals surface area contributed by atoms with Crippen LogP contribution in [0.2, 0.25) is 5.02 Å². The number of anilines is 2. The first-order valence-electron chi connectivity index (χ1n) is 9.54. The number of carbonyl (C=O) groups excluding carboxylic acids is 2. The van der Waals surface area contributed by atoms with Gasteiger partial charge >= 0.3 is 0 Å². The van der Waals surface area contributed by atoms with Crippen molar-refractivity contribution in [3.63, 3.8) is 0 Å². The van der Waals surface area contributed by atoms with E-state index in [1.54, 1.807) is 35.4 Å². The SMILES string of the molecule is O=C1[C@H]2[C@@H](c3ccc(Cl)cc3)N(c3cccc(Br)c3)O[C@H]2C(=O)N1c1cccc(Br)c1. The molecule has 0 aliphatic carbocycles. The highest BCUT2D eigenvalue weighted by Gasteiger charge is 2.60. The molecule has 2 aliphatic rings. The zero-order valence-electron chi connectivity index (χ0n) is 15.9. The molecular formula is C23H15Br2ClN2O3. The fraction of sp³-hybridized carbons (Fsp3) is 0.130. The molecule has 2 fully saturated rings. The third-order valence-electron chi connectivity index (χ3n) is 5.46. The third-order valence-corrected chi connectivity index (χ3v) is 6.69. The summed E-state index contributed by atoms with van der Waals surface area (Å²) in [6, 6.07) is 21.5. The van der Waals surface area contributed by atoms with Gasteiger partial charge in [-0.25, -0.2) is 9.96 Å². The van der Waals surface area contributed by atoms with E-state index in [1.807, 2.05) is 42.5 Å². The Bertz CT molecular complexity index is 1190. The molecule has 2 saturated heterocycles. The molecule has 2 heterocycles. The quantitative estimate of drug-likeness (QED) is 0.372. The van der Waals surface area contributed by atoms with Gasteiger partial charge in [-0.2, -0.15) is 0 Å². The average molecular weight is 563 g/mol. The van der Waals surface area contributed by atoms with E-state index in [9.17, 15) is 9.59 Å². The molecule has 3 atom stereocenters. The Balaban J connectivity index is 1.60. The van der Waals surface area contributed by atoms with Gasteiger partial charge in [-0.15, -0.1) is 0 Å². The van der Waals surface area contributed by atoms with Crippen molar-refractivity contribution in [2.24, 2.45) is 5.92 Å². The van der Waals surface area contributed by atoms with Crippen LogP contribution in [0.25, 0.3) is 0 Å². The summed E-state index contributed by atoms with van der Waals surface area (Å²) in [5.74, 6) is -1.35. The lowest BCUT2D eigenvalue weighted by Gasteiger charge is -2.29. The van der Waals surface area contributed by atoms with Crippen LogP contribution in [0.3, 0.4) is 0 Å². The summed E-state index contributed by atoms with van der Waals surface area (Å²) < 4.78 is 1.66. The van der Waals surface area contributed by atoms with Gasteiger partial charge < -0.3 is 0 Å². The van der Waals surface area contributed by atoms with Crippen LogP contribution < -0.4 is 9.96 Å². The number of hydrogen-bond acceptors (Lipinski definition) is 4. The molecule has 8 heteroatoms. The predicted molar refractivity (Wildman–Crippen MR) is 126 cm³/mol. The molecule has 0 unspecified atom stereocenters. The van der Waals surface area contributed by atoms with Crippen molar-refractivity contribution >= 4 is 66.6 Å². The lowest BCUT2D eigenvalue weighted by Crippen LogP contribution is -2.37. The summed E-state index contributed by atoms with van der Waals surface area (Å²) in [5.41, 5.74) is 2.11. The normalized spacial score (nSPS) is 22.9. The van der Waals surface area contributed by atoms with Gasteiger partial charge in [0.1, 0.15) is 5.92 Å². The maximum absolute atomic E-state index is 13.6. The average Bonchev–Trinajstić information content (AvgIpc) is 3.25. The molecule has 3 aromatic carbocycles. The summed E-state index contributed by atoms with van der Waals surface area (Å²) in [4.78, 5) is 34.2. The van der Waals surface area contributed by atoms with Crippen molar-refractivity contribution in [2.75, 3.05) is 9.96 Å². The monoisotopic (exact) mass is 560 g/mol. The van der Waals surface area contributed by atoms with Crippen molar-refractivity contribution in [2.45, 2.75) is 12.1 Å². The zero-order chi connectivity index (χ0) is 21.7. The van der Waals surface area contributed by atoms with Crippen molar-refractivity contribution < 1.29 is 14.4 Å². The molecule has 0 spiro atoms. The maximum atomic E-state index is 13.6. The van der Waals surface area contributed by atoms with E-state index in [0.29, 0.717) is 10.7 Å². The minimum Gasteiger partial charge on any atom is -0.273 e. The van der Waals surface area contributed by atoms with E-state index >= 15 is 0 Å². The summed E-state index contributed by atoms with van der Waals surface area (Å²) in [6.07, 6.45) is -0.911. The van der Waals surface area contributed by atoms with Crippen LogP contribution in [0.1, 0.15) is 11.6 Å². The molecule has 0 aromatic heterocycles. The summed E-state index contributed by atoms with van der Waals surface area (Å²) in [6.45, 7) is 0. The number of hydrogen-bond donors (Lipinski definition) is 0. The second-order valence-electron chi connectivity index (χ2n) is 7.35. The minimum atomic E-state index is -0.911. The Morgan fingerprint density at radius 3 is 2.06 bits per heavy atom. The molecule has 5 rings (SSSR count). The van der Waals surface area contributed by atoms with E-state index in [0.717, 1.165) is 20.2 Å². The van der Waals surface area contributed by atoms with E-state index in [1.165, 1.54) is 4.90 Å². The highest BCUT2D eigenvalue weighted by molar-refractivity contribution is 9.10. The third kappa shape index (κ3) is 3.59. The first kappa shape index (κ1) is 20.7. The van der Waals surface area contributed by atoms with Gasteiger partial charge in [0, 0.05) is 14.0 Å². The first-order chi connectivity index (χ1) is 14.9. The molecule has 3 aromatic rings. The number of carbonyl (C=O) groups is 2. The molecule has 2 aliphatic heterocycles. The highest BCUT2D eigenvalue weighted by atomic mass is 79.9. The van der Waals surface area contributed by atoms with Gasteiger partial charge in [0.25, 0.3) is 5.91 Å². The Kier molecular flexibility index (Phi) is 5.38. The second kappa shape index (κ2) is 8.06. The van der Waals surface area contributed by atoms with Crippen molar-refractivity contribution in [3.05, 3.63) is 92.3 Å². The highest BCUT2D eigenvalue weighted by Crippen LogP contribution is 2.48. The van der Waals surface area contributed by atoms with Gasteiger partial charge in [0.15, 0.2) is 6.10 Å². The smallest absolute Gasteiger partial charge is 0.266 e. The number of benzene rings is 3. The van der Waals surface area contributed by atoms with Gasteiger partial charge in [0.05, 0.1) is 17.4 Å². The fourth-order valence-electron chi connectivity index (χ4n) is 4.12. The van der Waals surface area contributed by atoms with Crippen molar-refractivity contribution in [1.29, 1.82) is 0 Å². The van der Waals surface area contributed by atoms with Gasteiger partial charge in [-0.05, 0) is 54.1 Å². The van der Waals surface area contributed by atoms with Crippen molar-refractivity contribution in [1.82, 2.24) is 0 Å². The fourth-order valence-corrected chi connectivity index (χ4v) is 5.02. The number of amides is 2. The number of hydroxylamine groups is 1. The topological polar surface area (TPSA) is 49.9 Å². The van der Waals surface area contributed by atoms with Crippen LogP contribution in [-0.2, 0) is 14.4 Å². The Morgan fingerprint density at radius 2 is 1.42 bits per heavy atom. The summed E-state index contributed by atoms with van der Waals surface area (Å²) in [7, 11) is 0. The number of halogens is 3. The Hall–Kier alpha value is -2.19. The van der Waals surface area contributed by atoms with E-state index < -0.39 is 18.1 Å². The van der Waals surface area contributed by atoms with E-state index in [4.69, 9.17) is 16.4 Å². The van der Waals surface area contributed by atoms with Crippen LogP contribution in [0.15, 0.2) is 81.7 Å². The molecule has 31 heavy (non-hydrogen) atoms. The predicted octanol–water partition coefficient (Wildman–Crippen LogP) is 5.92. The molecule has 0 bridgehead atoms. The van der Waals surface area contributed by atoms with Crippen LogP contribution >= 0.6 is 43.5 Å². The lowest BCUT2D eigenvalue weighted by molar-refractivity contribution is -0.126. The lowest BCUT2D eigenvalue weighted by atomic mass is 9.90. The molecule has 0 N–H and O–H groups in total. The number of imide groups is 1. The first-order valence-corrected chi connectivity index (χ1v) is 11.5. The van der Waals surface area contributed by atoms with Crippen LogP contribution in [0, 0.1) is 5.92 Å². The Labute approximate surface area is 200 Å². The van der Waals surface area contributed by atoms with E-state index in [-0.39, 0.29) is 11.8 Å². The molecule has 5 nitrogen and oxygen atoms in total. The van der Waals surface area contributed by atoms with Crippen LogP contribution in [-0.4, -0.2) is 17.9 Å². The maximum Gasteiger partial charge on any atom is 0.266 e. The van der Waals surface area contributed by atoms with Crippen LogP contribution in [0.5, 0.6) is 0 Å².